The number of halogens is 1. The first-order chi connectivity index (χ1) is 7.56. The molecule has 88 valence electrons. The molecule has 0 fully saturated rings. The molecule has 1 amide bonds. The van der Waals surface area contributed by atoms with Crippen molar-refractivity contribution in [1.82, 2.24) is 9.88 Å². The van der Waals surface area contributed by atoms with Crippen LogP contribution in [0.4, 0.5) is 5.82 Å². The third-order valence-corrected chi connectivity index (χ3v) is 2.74. The molecule has 1 heterocycles. The van der Waals surface area contributed by atoms with Gasteiger partial charge in [-0.05, 0) is 28.4 Å². The van der Waals surface area contributed by atoms with Crippen LogP contribution in [0.15, 0.2) is 16.7 Å². The fraction of sp³-hybridized carbons (Fsp3) is 0.455. The average Bonchev–Trinajstić information content (AvgIpc) is 2.28. The molecule has 0 bridgehead atoms. The molecule has 0 radical (unpaired) electrons. The Hall–Kier alpha value is -1.10. The molecule has 2 N–H and O–H groups in total. The van der Waals surface area contributed by atoms with Crippen molar-refractivity contribution in [2.75, 3.05) is 19.3 Å². The second-order valence-electron chi connectivity index (χ2n) is 3.67. The Morgan fingerprint density at radius 1 is 1.62 bits per heavy atom. The quantitative estimate of drug-likeness (QED) is 0.924. The van der Waals surface area contributed by atoms with Crippen LogP contribution in [-0.4, -0.2) is 29.4 Å². The molecule has 4 nitrogen and oxygen atoms in total. The zero-order valence-electron chi connectivity index (χ0n) is 9.53. The summed E-state index contributed by atoms with van der Waals surface area (Å²) in [5.74, 6) is 0.191. The lowest BCUT2D eigenvalue weighted by atomic mass is 10.2. The van der Waals surface area contributed by atoms with E-state index in [1.165, 1.54) is 0 Å². The summed E-state index contributed by atoms with van der Waals surface area (Å²) in [6, 6.07) is 1.70. The van der Waals surface area contributed by atoms with Crippen molar-refractivity contribution < 1.29 is 4.79 Å². The topological polar surface area (TPSA) is 59.2 Å². The Labute approximate surface area is 104 Å². The Kier molecular flexibility index (Phi) is 4.73. The van der Waals surface area contributed by atoms with Gasteiger partial charge in [0.25, 0.3) is 5.91 Å². The molecule has 0 unspecified atom stereocenters. The molecular formula is C11H16BrN3O. The zero-order valence-corrected chi connectivity index (χ0v) is 11.1. The first kappa shape index (κ1) is 13.0. The number of carbonyl (C=O) groups is 1. The minimum Gasteiger partial charge on any atom is -0.383 e. The van der Waals surface area contributed by atoms with E-state index in [-0.39, 0.29) is 11.7 Å². The van der Waals surface area contributed by atoms with Gasteiger partial charge in [-0.3, -0.25) is 4.79 Å². The van der Waals surface area contributed by atoms with Crippen LogP contribution in [0.25, 0.3) is 0 Å². The van der Waals surface area contributed by atoms with Crippen molar-refractivity contribution >= 4 is 27.7 Å². The molecule has 1 rings (SSSR count). The van der Waals surface area contributed by atoms with Crippen LogP contribution in [0.3, 0.4) is 0 Å². The highest BCUT2D eigenvalue weighted by Crippen LogP contribution is 2.17. The molecular weight excluding hydrogens is 270 g/mol. The Bertz CT molecular complexity index is 381. The molecule has 0 aliphatic rings. The van der Waals surface area contributed by atoms with Crippen LogP contribution >= 0.6 is 15.9 Å². The first-order valence-corrected chi connectivity index (χ1v) is 6.02. The number of anilines is 1. The van der Waals surface area contributed by atoms with Gasteiger partial charge in [0.15, 0.2) is 0 Å². The van der Waals surface area contributed by atoms with Crippen molar-refractivity contribution in [2.45, 2.75) is 19.8 Å². The lowest BCUT2D eigenvalue weighted by Gasteiger charge is -2.17. The second-order valence-corrected chi connectivity index (χ2v) is 4.58. The number of hydrogen-bond donors (Lipinski definition) is 1. The van der Waals surface area contributed by atoms with Gasteiger partial charge in [-0.1, -0.05) is 13.3 Å². The fourth-order valence-corrected chi connectivity index (χ4v) is 1.65. The van der Waals surface area contributed by atoms with Crippen molar-refractivity contribution in [2.24, 2.45) is 0 Å². The molecule has 0 spiro atoms. The van der Waals surface area contributed by atoms with E-state index in [4.69, 9.17) is 5.73 Å². The lowest BCUT2D eigenvalue weighted by molar-refractivity contribution is 0.0794. The lowest BCUT2D eigenvalue weighted by Crippen LogP contribution is -2.28. The Morgan fingerprint density at radius 3 is 2.94 bits per heavy atom. The monoisotopic (exact) mass is 285 g/mol. The third-order valence-electron chi connectivity index (χ3n) is 2.31. The van der Waals surface area contributed by atoms with Gasteiger partial charge < -0.3 is 10.6 Å². The van der Waals surface area contributed by atoms with Crippen molar-refractivity contribution in [1.29, 1.82) is 0 Å². The molecule has 1 aromatic heterocycles. The number of rotatable bonds is 4. The van der Waals surface area contributed by atoms with Crippen LogP contribution in [0.5, 0.6) is 0 Å². The summed E-state index contributed by atoms with van der Waals surface area (Å²) in [6.07, 6.45) is 3.63. The smallest absolute Gasteiger partial charge is 0.257 e. The summed E-state index contributed by atoms with van der Waals surface area (Å²) >= 11 is 3.28. The van der Waals surface area contributed by atoms with Gasteiger partial charge in [0.05, 0.1) is 5.56 Å². The van der Waals surface area contributed by atoms with Gasteiger partial charge in [-0.15, -0.1) is 0 Å². The van der Waals surface area contributed by atoms with E-state index < -0.39 is 0 Å². The van der Waals surface area contributed by atoms with Gasteiger partial charge in [0.1, 0.15) is 5.82 Å². The Balaban J connectivity index is 2.83. The molecule has 0 saturated heterocycles. The minimum absolute atomic E-state index is 0.0836. The average molecular weight is 286 g/mol. The minimum atomic E-state index is -0.0836. The number of unbranched alkanes of at least 4 members (excludes halogenated alkanes) is 1. The van der Waals surface area contributed by atoms with Crippen LogP contribution < -0.4 is 5.73 Å². The highest BCUT2D eigenvalue weighted by atomic mass is 79.9. The number of nitrogens with zero attached hydrogens (tertiary/aromatic N) is 2. The Morgan fingerprint density at radius 2 is 2.31 bits per heavy atom. The van der Waals surface area contributed by atoms with Crippen molar-refractivity contribution in [3.05, 3.63) is 22.3 Å². The number of amides is 1. The zero-order chi connectivity index (χ0) is 12.1. The van der Waals surface area contributed by atoms with E-state index in [2.05, 4.69) is 27.8 Å². The van der Waals surface area contributed by atoms with Crippen molar-refractivity contribution in [3.8, 4) is 0 Å². The number of hydrogen-bond acceptors (Lipinski definition) is 3. The maximum absolute atomic E-state index is 12.0. The molecule has 0 aromatic carbocycles. The molecule has 0 saturated carbocycles. The van der Waals surface area contributed by atoms with Gasteiger partial charge in [-0.2, -0.15) is 0 Å². The first-order valence-electron chi connectivity index (χ1n) is 5.22. The standard InChI is InChI=1S/C11H16BrN3O/c1-3-4-5-15(2)11(16)9-6-8(12)7-14-10(9)13/h6-7H,3-5H2,1-2H3,(H2,13,14). The number of pyridine rings is 1. The summed E-state index contributed by atoms with van der Waals surface area (Å²) in [7, 11) is 1.78. The largest absolute Gasteiger partial charge is 0.383 e. The predicted octanol–water partition coefficient (Wildman–Crippen LogP) is 2.30. The van der Waals surface area contributed by atoms with E-state index in [9.17, 15) is 4.79 Å². The highest BCUT2D eigenvalue weighted by Gasteiger charge is 2.15. The van der Waals surface area contributed by atoms with Crippen LogP contribution in [0.1, 0.15) is 30.1 Å². The van der Waals surface area contributed by atoms with Gasteiger partial charge >= 0.3 is 0 Å². The van der Waals surface area contributed by atoms with Crippen molar-refractivity contribution in [3.63, 3.8) is 0 Å². The highest BCUT2D eigenvalue weighted by molar-refractivity contribution is 9.10. The summed E-state index contributed by atoms with van der Waals surface area (Å²) in [4.78, 5) is 17.6. The molecule has 0 aliphatic carbocycles. The fourth-order valence-electron chi connectivity index (χ4n) is 1.32. The van der Waals surface area contributed by atoms with E-state index in [0.717, 1.165) is 23.9 Å². The number of aromatic nitrogens is 1. The van der Waals surface area contributed by atoms with Crippen LogP contribution in [0.2, 0.25) is 0 Å². The van der Waals surface area contributed by atoms with Gasteiger partial charge in [0, 0.05) is 24.3 Å². The van der Waals surface area contributed by atoms with E-state index >= 15 is 0 Å². The number of nitrogen functional groups attached to an aromatic ring is 1. The number of carbonyl (C=O) groups excluding carboxylic acids is 1. The maximum Gasteiger partial charge on any atom is 0.257 e. The molecule has 5 heteroatoms. The summed E-state index contributed by atoms with van der Waals surface area (Å²) in [6.45, 7) is 2.83. The van der Waals surface area contributed by atoms with Gasteiger partial charge in [-0.25, -0.2) is 4.98 Å². The number of nitrogens with two attached hydrogens (primary N) is 1. The van der Waals surface area contributed by atoms with Gasteiger partial charge in [0.2, 0.25) is 0 Å². The molecule has 0 aliphatic heterocycles. The summed E-state index contributed by atoms with van der Waals surface area (Å²) < 4.78 is 0.758. The van der Waals surface area contributed by atoms with E-state index in [1.807, 2.05) is 0 Å². The van der Waals surface area contributed by atoms with Crippen LogP contribution in [-0.2, 0) is 0 Å². The normalized spacial score (nSPS) is 10.2. The summed E-state index contributed by atoms with van der Waals surface area (Å²) in [5, 5.41) is 0. The molecule has 0 atom stereocenters. The summed E-state index contributed by atoms with van der Waals surface area (Å²) in [5.41, 5.74) is 6.13. The van der Waals surface area contributed by atoms with E-state index in [1.54, 1.807) is 24.2 Å². The molecule has 16 heavy (non-hydrogen) atoms. The SMILES string of the molecule is CCCCN(C)C(=O)c1cc(Br)cnc1N. The van der Waals surface area contributed by atoms with Crippen LogP contribution in [0, 0.1) is 0 Å². The second kappa shape index (κ2) is 5.84. The van der Waals surface area contributed by atoms with E-state index in [0.29, 0.717) is 5.56 Å². The third kappa shape index (κ3) is 3.20. The molecule has 1 aromatic rings. The predicted molar refractivity (Wildman–Crippen MR) is 68.2 cm³/mol. The maximum atomic E-state index is 12.0.